The lowest BCUT2D eigenvalue weighted by molar-refractivity contribution is -0.129. The van der Waals surface area contributed by atoms with Crippen LogP contribution in [-0.2, 0) is 16.9 Å². The second kappa shape index (κ2) is 9.21. The number of hydrogen-bond acceptors (Lipinski definition) is 6. The molecule has 35 heavy (non-hydrogen) atoms. The minimum absolute atomic E-state index is 0.0312. The molecule has 0 saturated carbocycles. The molecule has 2 aromatic heterocycles. The molecule has 0 saturated heterocycles. The second-order valence-corrected chi connectivity index (χ2v) is 8.01. The third kappa shape index (κ3) is 3.80. The van der Waals surface area contributed by atoms with Crippen LogP contribution in [0.2, 0.25) is 0 Å². The second-order valence-electron chi connectivity index (χ2n) is 8.01. The maximum absolute atomic E-state index is 14.7. The van der Waals surface area contributed by atoms with Crippen molar-refractivity contribution in [1.29, 1.82) is 0 Å². The fourth-order valence-electron chi connectivity index (χ4n) is 4.31. The van der Waals surface area contributed by atoms with Crippen molar-refractivity contribution in [1.82, 2.24) is 19.8 Å². The van der Waals surface area contributed by atoms with E-state index in [2.05, 4.69) is 15.3 Å². The van der Waals surface area contributed by atoms with Crippen molar-refractivity contribution in [2.45, 2.75) is 25.9 Å². The third-order valence-electron chi connectivity index (χ3n) is 6.10. The molecule has 3 N–H and O–H groups in total. The molecule has 4 rings (SSSR count). The van der Waals surface area contributed by atoms with E-state index in [0.717, 1.165) is 0 Å². The summed E-state index contributed by atoms with van der Waals surface area (Å²) in [5.41, 5.74) is 6.49. The number of aryl methyl sites for hydroxylation is 1. The van der Waals surface area contributed by atoms with E-state index in [-0.39, 0.29) is 17.4 Å². The van der Waals surface area contributed by atoms with Crippen molar-refractivity contribution in [2.24, 2.45) is 10.7 Å². The van der Waals surface area contributed by atoms with Crippen LogP contribution in [0.3, 0.4) is 0 Å². The molecule has 0 spiro atoms. The molecular formula is C25H27FN6O3. The topological polar surface area (TPSA) is 115 Å². The van der Waals surface area contributed by atoms with Crippen molar-refractivity contribution in [3.05, 3.63) is 71.6 Å². The fraction of sp³-hybridized carbons (Fsp3) is 0.280. The highest BCUT2D eigenvalue weighted by molar-refractivity contribution is 6.09. The Morgan fingerprint density at radius 3 is 2.57 bits per heavy atom. The largest absolute Gasteiger partial charge is 0.493 e. The van der Waals surface area contributed by atoms with Crippen molar-refractivity contribution in [3.8, 4) is 16.9 Å². The van der Waals surface area contributed by atoms with Crippen LogP contribution in [0.15, 0.2) is 53.8 Å². The molecule has 1 aromatic carbocycles. The molecule has 1 atom stereocenters. The van der Waals surface area contributed by atoms with Gasteiger partial charge < -0.3 is 20.4 Å². The van der Waals surface area contributed by atoms with Gasteiger partial charge in [0.15, 0.2) is 11.5 Å². The maximum Gasteiger partial charge on any atom is 0.267 e. The first kappa shape index (κ1) is 23.9. The number of carbonyl (C=O) groups excluding carboxylic acids is 2. The average molecular weight is 479 g/mol. The molecule has 1 unspecified atom stereocenters. The number of nitrogens with two attached hydrogens (primary N) is 1. The summed E-state index contributed by atoms with van der Waals surface area (Å²) in [5, 5.41) is 2.62. The molecule has 0 bridgehead atoms. The molecule has 0 radical (unpaired) electrons. The summed E-state index contributed by atoms with van der Waals surface area (Å²) in [7, 11) is 3.08. The highest BCUT2D eigenvalue weighted by Crippen LogP contribution is 2.43. The van der Waals surface area contributed by atoms with Gasteiger partial charge in [0.05, 0.1) is 6.61 Å². The van der Waals surface area contributed by atoms with Crippen LogP contribution >= 0.6 is 0 Å². The number of benzene rings is 1. The first-order valence-electron chi connectivity index (χ1n) is 11.2. The Morgan fingerprint density at radius 2 is 1.97 bits per heavy atom. The Hall–Kier alpha value is -4.21. The molecule has 3 aromatic rings. The number of guanidine groups is 1. The van der Waals surface area contributed by atoms with Crippen molar-refractivity contribution in [2.75, 3.05) is 20.7 Å². The molecule has 9 nitrogen and oxygen atoms in total. The molecular weight excluding hydrogens is 451 g/mol. The normalized spacial score (nSPS) is 17.5. The van der Waals surface area contributed by atoms with Gasteiger partial charge in [0, 0.05) is 49.7 Å². The highest BCUT2D eigenvalue weighted by atomic mass is 19.1. The average Bonchev–Trinajstić information content (AvgIpc) is 3.40. The standard InChI is InChI=1S/C25H27FN6O3/c1-5-32-14-16(13-19(32)22(33)28-3)25(23(34)31(4)24(27)30-25)15-9-10-20(35-6-2)18(12-15)17-8-7-11-29-21(17)26/h7-14H,5-6H2,1-4H3,(H2,27,30)(H,28,33). The highest BCUT2D eigenvalue weighted by Gasteiger charge is 2.50. The van der Waals surface area contributed by atoms with Crippen LogP contribution < -0.4 is 15.8 Å². The molecule has 1 aliphatic rings. The molecule has 10 heteroatoms. The minimum Gasteiger partial charge on any atom is -0.493 e. The molecule has 0 fully saturated rings. The van der Waals surface area contributed by atoms with E-state index in [1.165, 1.54) is 25.2 Å². The lowest BCUT2D eigenvalue weighted by atomic mass is 9.82. The van der Waals surface area contributed by atoms with Gasteiger partial charge in [-0.15, -0.1) is 0 Å². The van der Waals surface area contributed by atoms with Crippen LogP contribution in [0.25, 0.3) is 11.1 Å². The quantitative estimate of drug-likeness (QED) is 0.507. The third-order valence-corrected chi connectivity index (χ3v) is 6.10. The van der Waals surface area contributed by atoms with Gasteiger partial charge in [-0.1, -0.05) is 6.07 Å². The SMILES string of the molecule is CCOc1ccc(C2(c3cc(C(=O)NC)n(CC)c3)N=C(N)N(C)C2=O)cc1-c1cccnc1F. The molecule has 0 aliphatic carbocycles. The van der Waals surface area contributed by atoms with Gasteiger partial charge in [0.25, 0.3) is 11.8 Å². The van der Waals surface area contributed by atoms with Crippen LogP contribution in [0.1, 0.15) is 35.5 Å². The monoisotopic (exact) mass is 478 g/mol. The molecule has 2 amide bonds. The number of amides is 2. The Balaban J connectivity index is 2.01. The zero-order valence-electron chi connectivity index (χ0n) is 20.0. The summed E-state index contributed by atoms with van der Waals surface area (Å²) in [6.45, 7) is 4.58. The number of likely N-dealkylation sites (N-methyl/N-ethyl adjacent to an activating group) is 1. The molecule has 1 aliphatic heterocycles. The van der Waals surface area contributed by atoms with E-state index >= 15 is 0 Å². The Kier molecular flexibility index (Phi) is 6.29. The number of hydrogen-bond donors (Lipinski definition) is 2. The van der Waals surface area contributed by atoms with Gasteiger partial charge in [-0.25, -0.2) is 9.98 Å². The summed E-state index contributed by atoms with van der Waals surface area (Å²) < 4.78 is 22.2. The van der Waals surface area contributed by atoms with E-state index in [1.807, 2.05) is 13.8 Å². The van der Waals surface area contributed by atoms with Crippen molar-refractivity contribution < 1.29 is 18.7 Å². The van der Waals surface area contributed by atoms with Crippen LogP contribution in [-0.4, -0.2) is 52.9 Å². The van der Waals surface area contributed by atoms with E-state index in [9.17, 15) is 14.0 Å². The van der Waals surface area contributed by atoms with Gasteiger partial charge in [0.1, 0.15) is 11.4 Å². The summed E-state index contributed by atoms with van der Waals surface area (Å²) in [4.78, 5) is 35.9. The van der Waals surface area contributed by atoms with Gasteiger partial charge in [0.2, 0.25) is 5.95 Å². The van der Waals surface area contributed by atoms with Gasteiger partial charge >= 0.3 is 0 Å². The van der Waals surface area contributed by atoms with E-state index in [1.54, 1.807) is 47.2 Å². The van der Waals surface area contributed by atoms with Crippen molar-refractivity contribution >= 4 is 17.8 Å². The summed E-state index contributed by atoms with van der Waals surface area (Å²) in [5.74, 6) is -0.895. The van der Waals surface area contributed by atoms with Crippen LogP contribution in [0.4, 0.5) is 4.39 Å². The maximum atomic E-state index is 14.7. The Morgan fingerprint density at radius 1 is 1.20 bits per heavy atom. The minimum atomic E-state index is -1.57. The van der Waals surface area contributed by atoms with Crippen molar-refractivity contribution in [3.63, 3.8) is 0 Å². The van der Waals surface area contributed by atoms with E-state index in [4.69, 9.17) is 10.5 Å². The van der Waals surface area contributed by atoms with E-state index < -0.39 is 17.4 Å². The zero-order chi connectivity index (χ0) is 25.3. The lowest BCUT2D eigenvalue weighted by Crippen LogP contribution is -2.41. The Labute approximate surface area is 202 Å². The van der Waals surface area contributed by atoms with Crippen LogP contribution in [0.5, 0.6) is 5.75 Å². The smallest absolute Gasteiger partial charge is 0.267 e. The molecule has 3 heterocycles. The number of pyridine rings is 1. The number of aromatic nitrogens is 2. The first-order chi connectivity index (χ1) is 16.8. The van der Waals surface area contributed by atoms with E-state index in [0.29, 0.717) is 41.3 Å². The predicted octanol–water partition coefficient (Wildman–Crippen LogP) is 2.50. The number of ether oxygens (including phenoxy) is 1. The Bertz CT molecular complexity index is 1330. The first-order valence-corrected chi connectivity index (χ1v) is 11.2. The number of halogens is 1. The predicted molar refractivity (Wildman–Crippen MR) is 129 cm³/mol. The summed E-state index contributed by atoms with van der Waals surface area (Å²) in [6, 6.07) is 9.90. The van der Waals surface area contributed by atoms with Gasteiger partial charge in [-0.3, -0.25) is 14.5 Å². The lowest BCUT2D eigenvalue weighted by Gasteiger charge is -2.26. The fourth-order valence-corrected chi connectivity index (χ4v) is 4.31. The van der Waals surface area contributed by atoms with Gasteiger partial charge in [-0.2, -0.15) is 4.39 Å². The summed E-state index contributed by atoms with van der Waals surface area (Å²) >= 11 is 0. The number of carbonyl (C=O) groups is 2. The summed E-state index contributed by atoms with van der Waals surface area (Å²) in [6.07, 6.45) is 3.08. The zero-order valence-corrected chi connectivity index (χ0v) is 20.0. The van der Waals surface area contributed by atoms with Gasteiger partial charge in [-0.05, 0) is 49.7 Å². The molecule has 182 valence electrons. The number of aliphatic imine (C=N–C) groups is 1. The van der Waals surface area contributed by atoms with Crippen LogP contribution in [0, 0.1) is 5.95 Å². The number of nitrogens with zero attached hydrogens (tertiary/aromatic N) is 4. The number of rotatable bonds is 7. The number of nitrogens with one attached hydrogen (secondary N) is 1.